The van der Waals surface area contributed by atoms with Crippen molar-refractivity contribution < 1.29 is 4.79 Å². The van der Waals surface area contributed by atoms with E-state index < -0.39 is 0 Å². The molecule has 3 aromatic rings. The SMILES string of the molecule is Cc1nc(C(C)N2C[C@@H]3CCN(C(=O)c4[nH]c5ccccc5c4Cl)[C@@H]3C2)n[nH]1. The van der Waals surface area contributed by atoms with E-state index in [1.54, 1.807) is 0 Å². The van der Waals surface area contributed by atoms with Gasteiger partial charge in [-0.2, -0.15) is 5.10 Å². The van der Waals surface area contributed by atoms with E-state index in [0.717, 1.165) is 48.6 Å². The van der Waals surface area contributed by atoms with Crippen LogP contribution >= 0.6 is 11.6 Å². The van der Waals surface area contributed by atoms with Crippen molar-refractivity contribution in [2.45, 2.75) is 32.4 Å². The molecule has 1 aromatic carbocycles. The Hall–Kier alpha value is -2.38. The summed E-state index contributed by atoms with van der Waals surface area (Å²) in [5.41, 5.74) is 1.40. The average Bonchev–Trinajstić information content (AvgIpc) is 3.44. The van der Waals surface area contributed by atoms with Crippen molar-refractivity contribution in [1.29, 1.82) is 0 Å². The standard InChI is InChI=1S/C20H23ClN6O/c1-11(19-22-12(2)24-25-19)26-9-13-7-8-27(16(13)10-26)20(28)18-17(21)14-5-3-4-6-15(14)23-18/h3-6,11,13,16,23H,7-10H2,1-2H3,(H,22,24,25)/t11?,13-,16+/m0/s1. The lowest BCUT2D eigenvalue weighted by atomic mass is 10.1. The van der Waals surface area contributed by atoms with Gasteiger partial charge in [0, 0.05) is 36.6 Å². The molecule has 2 saturated heterocycles. The Bertz CT molecular complexity index is 1040. The normalized spacial score (nSPS) is 23.5. The molecule has 0 saturated carbocycles. The molecule has 0 radical (unpaired) electrons. The van der Waals surface area contributed by atoms with Crippen LogP contribution in [0.4, 0.5) is 0 Å². The Morgan fingerprint density at radius 3 is 2.89 bits per heavy atom. The van der Waals surface area contributed by atoms with Crippen molar-refractivity contribution in [3.8, 4) is 0 Å². The van der Waals surface area contributed by atoms with Gasteiger partial charge in [-0.15, -0.1) is 0 Å². The van der Waals surface area contributed by atoms with Crippen LogP contribution in [0.1, 0.15) is 41.5 Å². The van der Waals surface area contributed by atoms with Gasteiger partial charge < -0.3 is 9.88 Å². The molecule has 0 spiro atoms. The fourth-order valence-electron chi connectivity index (χ4n) is 4.67. The summed E-state index contributed by atoms with van der Waals surface area (Å²) in [6, 6.07) is 8.10. The zero-order valence-electron chi connectivity index (χ0n) is 15.9. The highest BCUT2D eigenvalue weighted by Crippen LogP contribution is 2.37. The number of benzene rings is 1. The molecule has 1 amide bonds. The quantitative estimate of drug-likeness (QED) is 0.710. The number of carbonyl (C=O) groups is 1. The van der Waals surface area contributed by atoms with Crippen LogP contribution in [-0.2, 0) is 0 Å². The number of hydrogen-bond donors (Lipinski definition) is 2. The molecule has 0 aliphatic carbocycles. The van der Waals surface area contributed by atoms with Crippen LogP contribution in [0.5, 0.6) is 0 Å². The number of nitrogens with one attached hydrogen (secondary N) is 2. The molecule has 5 rings (SSSR count). The topological polar surface area (TPSA) is 80.9 Å². The monoisotopic (exact) mass is 398 g/mol. The van der Waals surface area contributed by atoms with E-state index in [-0.39, 0.29) is 18.0 Å². The van der Waals surface area contributed by atoms with Crippen LogP contribution < -0.4 is 0 Å². The van der Waals surface area contributed by atoms with E-state index in [1.165, 1.54) is 0 Å². The molecule has 0 bridgehead atoms. The van der Waals surface area contributed by atoms with Gasteiger partial charge in [-0.05, 0) is 32.3 Å². The molecular weight excluding hydrogens is 376 g/mol. The van der Waals surface area contributed by atoms with Crippen LogP contribution in [0.3, 0.4) is 0 Å². The highest BCUT2D eigenvalue weighted by atomic mass is 35.5. The first kappa shape index (κ1) is 17.7. The molecular formula is C20H23ClN6O. The molecule has 2 fully saturated rings. The summed E-state index contributed by atoms with van der Waals surface area (Å²) in [7, 11) is 0. The van der Waals surface area contributed by atoms with E-state index in [0.29, 0.717) is 16.6 Å². The fraction of sp³-hybridized carbons (Fsp3) is 0.450. The Kier molecular flexibility index (Phi) is 4.17. The zero-order valence-corrected chi connectivity index (χ0v) is 16.7. The summed E-state index contributed by atoms with van der Waals surface area (Å²) >= 11 is 6.53. The minimum absolute atomic E-state index is 0.00283. The number of aromatic nitrogens is 4. The predicted octanol–water partition coefficient (Wildman–Crippen LogP) is 3.16. The average molecular weight is 399 g/mol. The van der Waals surface area contributed by atoms with Gasteiger partial charge in [-0.1, -0.05) is 29.8 Å². The third-order valence-corrected chi connectivity index (χ3v) is 6.62. The summed E-state index contributed by atoms with van der Waals surface area (Å²) in [6.45, 7) is 6.62. The largest absolute Gasteiger partial charge is 0.349 e. The number of fused-ring (bicyclic) bond motifs is 2. The molecule has 2 aromatic heterocycles. The Morgan fingerprint density at radius 2 is 2.14 bits per heavy atom. The molecule has 2 aliphatic heterocycles. The lowest BCUT2D eigenvalue weighted by Crippen LogP contribution is -2.40. The fourth-order valence-corrected chi connectivity index (χ4v) is 4.96. The van der Waals surface area contributed by atoms with Crippen molar-refractivity contribution in [3.63, 3.8) is 0 Å². The van der Waals surface area contributed by atoms with Gasteiger partial charge in [0.05, 0.1) is 11.1 Å². The molecule has 2 aliphatic rings. The third kappa shape index (κ3) is 2.72. The number of likely N-dealkylation sites (tertiary alicyclic amines) is 2. The summed E-state index contributed by atoms with van der Waals surface area (Å²) in [5.74, 6) is 2.12. The Balaban J connectivity index is 1.37. The minimum atomic E-state index is -0.00283. The second-order valence-electron chi connectivity index (χ2n) is 7.88. The number of aryl methyl sites for hydroxylation is 1. The lowest BCUT2D eigenvalue weighted by molar-refractivity contribution is 0.0716. The number of H-pyrrole nitrogens is 2. The van der Waals surface area contributed by atoms with E-state index >= 15 is 0 Å². The zero-order chi connectivity index (χ0) is 19.4. The molecule has 7 nitrogen and oxygen atoms in total. The van der Waals surface area contributed by atoms with E-state index in [2.05, 4.69) is 32.0 Å². The first-order valence-electron chi connectivity index (χ1n) is 9.73. The summed E-state index contributed by atoms with van der Waals surface area (Å²) < 4.78 is 0. The number of para-hydroxylation sites is 1. The van der Waals surface area contributed by atoms with Crippen LogP contribution in [0.2, 0.25) is 5.02 Å². The van der Waals surface area contributed by atoms with Crippen LogP contribution in [-0.4, -0.2) is 61.5 Å². The maximum Gasteiger partial charge on any atom is 0.272 e. The predicted molar refractivity (Wildman–Crippen MR) is 107 cm³/mol. The second kappa shape index (κ2) is 6.60. The van der Waals surface area contributed by atoms with Gasteiger partial charge in [-0.25, -0.2) is 4.98 Å². The number of hydrogen-bond acceptors (Lipinski definition) is 4. The first-order chi connectivity index (χ1) is 13.5. The van der Waals surface area contributed by atoms with Crippen LogP contribution in [0.25, 0.3) is 10.9 Å². The summed E-state index contributed by atoms with van der Waals surface area (Å²) in [6.07, 6.45) is 1.02. The van der Waals surface area contributed by atoms with Crippen molar-refractivity contribution in [1.82, 2.24) is 30.0 Å². The number of amides is 1. The number of rotatable bonds is 3. The van der Waals surface area contributed by atoms with E-state index in [4.69, 9.17) is 11.6 Å². The Morgan fingerprint density at radius 1 is 1.32 bits per heavy atom. The molecule has 4 heterocycles. The van der Waals surface area contributed by atoms with Crippen LogP contribution in [0, 0.1) is 12.8 Å². The first-order valence-corrected chi connectivity index (χ1v) is 10.1. The van der Waals surface area contributed by atoms with Gasteiger partial charge in [0.2, 0.25) is 0 Å². The number of aromatic amines is 2. The number of halogens is 1. The van der Waals surface area contributed by atoms with Gasteiger partial charge >= 0.3 is 0 Å². The second-order valence-corrected chi connectivity index (χ2v) is 8.26. The lowest BCUT2D eigenvalue weighted by Gasteiger charge is -2.26. The summed E-state index contributed by atoms with van der Waals surface area (Å²) in [4.78, 5) is 25.4. The van der Waals surface area contributed by atoms with Gasteiger partial charge in [0.1, 0.15) is 11.5 Å². The molecule has 146 valence electrons. The minimum Gasteiger partial charge on any atom is -0.349 e. The number of nitrogens with zero attached hydrogens (tertiary/aromatic N) is 4. The van der Waals surface area contributed by atoms with E-state index in [1.807, 2.05) is 36.1 Å². The van der Waals surface area contributed by atoms with Crippen molar-refractivity contribution >= 4 is 28.4 Å². The van der Waals surface area contributed by atoms with Crippen molar-refractivity contribution in [3.05, 3.63) is 46.6 Å². The van der Waals surface area contributed by atoms with Crippen molar-refractivity contribution in [2.24, 2.45) is 5.92 Å². The van der Waals surface area contributed by atoms with Gasteiger partial charge in [0.25, 0.3) is 5.91 Å². The Labute approximate surface area is 168 Å². The number of carbonyl (C=O) groups excluding carboxylic acids is 1. The maximum atomic E-state index is 13.3. The maximum absolute atomic E-state index is 13.3. The van der Waals surface area contributed by atoms with Gasteiger partial charge in [-0.3, -0.25) is 14.8 Å². The van der Waals surface area contributed by atoms with Crippen molar-refractivity contribution in [2.75, 3.05) is 19.6 Å². The highest BCUT2D eigenvalue weighted by Gasteiger charge is 2.45. The van der Waals surface area contributed by atoms with Crippen LogP contribution in [0.15, 0.2) is 24.3 Å². The summed E-state index contributed by atoms with van der Waals surface area (Å²) in [5, 5.41) is 8.64. The molecule has 1 unspecified atom stereocenters. The smallest absolute Gasteiger partial charge is 0.272 e. The molecule has 3 atom stereocenters. The van der Waals surface area contributed by atoms with Gasteiger partial charge in [0.15, 0.2) is 5.82 Å². The molecule has 2 N–H and O–H groups in total. The van der Waals surface area contributed by atoms with E-state index in [9.17, 15) is 4.79 Å². The highest BCUT2D eigenvalue weighted by molar-refractivity contribution is 6.38. The third-order valence-electron chi connectivity index (χ3n) is 6.23. The molecule has 8 heteroatoms. The molecule has 28 heavy (non-hydrogen) atoms.